The summed E-state index contributed by atoms with van der Waals surface area (Å²) in [4.78, 5) is 35.9. The molecule has 0 fully saturated rings. The van der Waals surface area contributed by atoms with Gasteiger partial charge in [-0.25, -0.2) is 9.89 Å². The molecule has 18 heavy (non-hydrogen) atoms. The summed E-state index contributed by atoms with van der Waals surface area (Å²) in [5, 5.41) is 5.58. The van der Waals surface area contributed by atoms with Gasteiger partial charge in [-0.2, -0.15) is 5.10 Å². The van der Waals surface area contributed by atoms with Crippen molar-refractivity contribution in [1.29, 1.82) is 0 Å². The van der Waals surface area contributed by atoms with Crippen molar-refractivity contribution >= 4 is 28.5 Å². The van der Waals surface area contributed by atoms with E-state index in [-0.39, 0.29) is 10.1 Å². The van der Waals surface area contributed by atoms with Gasteiger partial charge in [0.2, 0.25) is 5.12 Å². The molecule has 6 nitrogen and oxygen atoms in total. The molecule has 0 saturated heterocycles. The molecule has 0 bridgehead atoms. The largest absolute Gasteiger partial charge is 0.342 e. The van der Waals surface area contributed by atoms with Crippen molar-refractivity contribution in [1.82, 2.24) is 15.2 Å². The van der Waals surface area contributed by atoms with Crippen LogP contribution in [-0.2, 0) is 0 Å². The number of aromatic nitrogens is 3. The Hall–Kier alpha value is -1.86. The molecule has 0 saturated carbocycles. The van der Waals surface area contributed by atoms with Gasteiger partial charge in [-0.15, -0.1) is 0 Å². The van der Waals surface area contributed by atoms with E-state index in [0.29, 0.717) is 22.3 Å². The second-order valence-corrected chi connectivity index (χ2v) is 4.61. The molecule has 2 aromatic rings. The number of thioether (sulfide) groups is 1. The number of aromatic amines is 2. The SMILES string of the molecule is O=C(Sc1n[nH]c(=O)[nH]c1=O)c1ccc(Cl)cc1. The van der Waals surface area contributed by atoms with Crippen LogP contribution in [0.25, 0.3) is 0 Å². The summed E-state index contributed by atoms with van der Waals surface area (Å²) in [5.41, 5.74) is -1.04. The van der Waals surface area contributed by atoms with Crippen molar-refractivity contribution in [2.45, 2.75) is 5.03 Å². The lowest BCUT2D eigenvalue weighted by molar-refractivity contribution is 0.108. The zero-order valence-electron chi connectivity index (χ0n) is 8.77. The Bertz CT molecular complexity index is 693. The van der Waals surface area contributed by atoms with Crippen LogP contribution >= 0.6 is 23.4 Å². The zero-order chi connectivity index (χ0) is 13.1. The van der Waals surface area contributed by atoms with Crippen molar-refractivity contribution in [3.05, 3.63) is 55.7 Å². The third kappa shape index (κ3) is 2.88. The van der Waals surface area contributed by atoms with Crippen LogP contribution in [-0.4, -0.2) is 20.3 Å². The summed E-state index contributed by atoms with van der Waals surface area (Å²) in [6, 6.07) is 6.22. The lowest BCUT2D eigenvalue weighted by atomic mass is 10.2. The molecule has 8 heteroatoms. The van der Waals surface area contributed by atoms with Gasteiger partial charge in [0, 0.05) is 10.6 Å². The van der Waals surface area contributed by atoms with Crippen LogP contribution in [0.4, 0.5) is 0 Å². The molecule has 2 rings (SSSR count). The van der Waals surface area contributed by atoms with Crippen LogP contribution in [0.3, 0.4) is 0 Å². The van der Waals surface area contributed by atoms with Gasteiger partial charge >= 0.3 is 5.69 Å². The monoisotopic (exact) mass is 283 g/mol. The van der Waals surface area contributed by atoms with E-state index in [9.17, 15) is 14.4 Å². The van der Waals surface area contributed by atoms with Crippen LogP contribution < -0.4 is 11.2 Å². The number of nitrogens with zero attached hydrogens (tertiary/aromatic N) is 1. The first-order valence-electron chi connectivity index (χ1n) is 4.73. The Morgan fingerprint density at radius 1 is 1.22 bits per heavy atom. The average Bonchev–Trinajstić information content (AvgIpc) is 2.33. The molecule has 1 aromatic carbocycles. The van der Waals surface area contributed by atoms with Gasteiger partial charge in [-0.1, -0.05) is 11.6 Å². The van der Waals surface area contributed by atoms with Crippen molar-refractivity contribution in [2.24, 2.45) is 0 Å². The molecule has 0 amide bonds. The highest BCUT2D eigenvalue weighted by molar-refractivity contribution is 8.14. The van der Waals surface area contributed by atoms with Gasteiger partial charge in [0.25, 0.3) is 5.56 Å². The Kier molecular flexibility index (Phi) is 3.63. The highest BCUT2D eigenvalue weighted by atomic mass is 35.5. The summed E-state index contributed by atoms with van der Waals surface area (Å²) in [6.07, 6.45) is 0. The molecule has 0 unspecified atom stereocenters. The van der Waals surface area contributed by atoms with Gasteiger partial charge in [-0.05, 0) is 36.0 Å². The van der Waals surface area contributed by atoms with E-state index in [1.807, 2.05) is 4.98 Å². The minimum atomic E-state index is -0.719. The fourth-order valence-corrected chi connectivity index (χ4v) is 1.93. The standard InChI is InChI=1S/C10H6ClN3O3S/c11-6-3-1-5(2-4-6)9(16)18-8-7(15)12-10(17)14-13-8/h1-4H,(H2,12,14,15,17). The van der Waals surface area contributed by atoms with Gasteiger partial charge in [0.1, 0.15) is 0 Å². The van der Waals surface area contributed by atoms with Crippen molar-refractivity contribution in [3.63, 3.8) is 0 Å². The van der Waals surface area contributed by atoms with Crippen molar-refractivity contribution < 1.29 is 4.79 Å². The number of nitrogens with one attached hydrogen (secondary N) is 2. The molecule has 0 atom stereocenters. The van der Waals surface area contributed by atoms with Crippen LogP contribution in [0.5, 0.6) is 0 Å². The predicted octanol–water partition coefficient (Wildman–Crippen LogP) is 1.04. The van der Waals surface area contributed by atoms with E-state index in [4.69, 9.17) is 11.6 Å². The molecule has 92 valence electrons. The molecule has 2 N–H and O–H groups in total. The molecule has 0 aliphatic rings. The van der Waals surface area contributed by atoms with Gasteiger partial charge in [-0.3, -0.25) is 14.6 Å². The number of rotatable bonds is 2. The number of halogens is 1. The fraction of sp³-hybridized carbons (Fsp3) is 0. The molecule has 0 aliphatic carbocycles. The van der Waals surface area contributed by atoms with Gasteiger partial charge in [0.15, 0.2) is 5.03 Å². The van der Waals surface area contributed by atoms with Crippen molar-refractivity contribution in [2.75, 3.05) is 0 Å². The van der Waals surface area contributed by atoms with Gasteiger partial charge in [0.05, 0.1) is 0 Å². The molecule has 0 spiro atoms. The third-order valence-corrected chi connectivity index (χ3v) is 3.09. The van der Waals surface area contributed by atoms with E-state index in [2.05, 4.69) is 10.2 Å². The Balaban J connectivity index is 2.24. The summed E-state index contributed by atoms with van der Waals surface area (Å²) in [6.45, 7) is 0. The van der Waals surface area contributed by atoms with E-state index in [1.54, 1.807) is 12.1 Å². The third-order valence-electron chi connectivity index (χ3n) is 1.95. The normalized spacial score (nSPS) is 10.3. The summed E-state index contributed by atoms with van der Waals surface area (Å²) >= 11 is 6.32. The highest BCUT2D eigenvalue weighted by Gasteiger charge is 2.12. The van der Waals surface area contributed by atoms with Crippen LogP contribution in [0.2, 0.25) is 5.02 Å². The highest BCUT2D eigenvalue weighted by Crippen LogP contribution is 2.18. The number of benzene rings is 1. The molecular weight excluding hydrogens is 278 g/mol. The number of hydrogen-bond acceptors (Lipinski definition) is 5. The zero-order valence-corrected chi connectivity index (χ0v) is 10.3. The van der Waals surface area contributed by atoms with Crippen LogP contribution in [0.15, 0.2) is 38.9 Å². The van der Waals surface area contributed by atoms with Crippen LogP contribution in [0, 0.1) is 0 Å². The molecule has 1 aromatic heterocycles. The number of carbonyl (C=O) groups is 1. The second kappa shape index (κ2) is 5.19. The average molecular weight is 284 g/mol. The van der Waals surface area contributed by atoms with Crippen molar-refractivity contribution in [3.8, 4) is 0 Å². The minimum Gasteiger partial charge on any atom is -0.281 e. The number of hydrogen-bond donors (Lipinski definition) is 2. The first kappa shape index (κ1) is 12.6. The quantitative estimate of drug-likeness (QED) is 0.803. The maximum absolute atomic E-state index is 11.8. The minimum absolute atomic E-state index is 0.116. The lowest BCUT2D eigenvalue weighted by Gasteiger charge is -1.99. The lowest BCUT2D eigenvalue weighted by Crippen LogP contribution is -2.25. The van der Waals surface area contributed by atoms with Crippen LogP contribution in [0.1, 0.15) is 10.4 Å². The Morgan fingerprint density at radius 2 is 1.89 bits per heavy atom. The van der Waals surface area contributed by atoms with E-state index in [0.717, 1.165) is 0 Å². The van der Waals surface area contributed by atoms with E-state index < -0.39 is 11.2 Å². The second-order valence-electron chi connectivity index (χ2n) is 3.21. The first-order valence-corrected chi connectivity index (χ1v) is 5.92. The number of carbonyl (C=O) groups excluding carboxylic acids is 1. The maximum atomic E-state index is 11.8. The topological polar surface area (TPSA) is 95.7 Å². The maximum Gasteiger partial charge on any atom is 0.342 e. The first-order chi connectivity index (χ1) is 8.56. The molecule has 1 heterocycles. The fourth-order valence-electron chi connectivity index (χ4n) is 1.14. The molecule has 0 aliphatic heterocycles. The summed E-state index contributed by atoms with van der Waals surface area (Å²) < 4.78 is 0. The van der Waals surface area contributed by atoms with E-state index >= 15 is 0 Å². The van der Waals surface area contributed by atoms with Gasteiger partial charge < -0.3 is 0 Å². The Labute approximate surface area is 109 Å². The predicted molar refractivity (Wildman–Crippen MR) is 67.1 cm³/mol. The summed E-state index contributed by atoms with van der Waals surface area (Å²) in [7, 11) is 0. The summed E-state index contributed by atoms with van der Waals surface area (Å²) in [5.74, 6) is 0. The number of H-pyrrole nitrogens is 2. The smallest absolute Gasteiger partial charge is 0.281 e. The Morgan fingerprint density at radius 3 is 2.50 bits per heavy atom. The van der Waals surface area contributed by atoms with E-state index in [1.165, 1.54) is 12.1 Å². The molecular formula is C10H6ClN3O3S. The molecule has 0 radical (unpaired) electrons.